The highest BCUT2D eigenvalue weighted by Gasteiger charge is 2.61. The van der Waals surface area contributed by atoms with Gasteiger partial charge in [-0.2, -0.15) is 10.2 Å². The number of halogens is 1. The maximum absolute atomic E-state index is 13.4. The van der Waals surface area contributed by atoms with E-state index in [4.69, 9.17) is 14.6 Å². The maximum Gasteiger partial charge on any atom is 0.259 e. The highest BCUT2D eigenvalue weighted by Crippen LogP contribution is 2.55. The molecule has 7 rings (SSSR count). The summed E-state index contributed by atoms with van der Waals surface area (Å²) in [4.78, 5) is 17.3. The number of hydrogen-bond donors (Lipinski definition) is 1. The summed E-state index contributed by atoms with van der Waals surface area (Å²) >= 11 is 0. The Hall–Kier alpha value is -3.53. The first kappa shape index (κ1) is 20.1. The zero-order chi connectivity index (χ0) is 23.0. The number of amides is 1. The van der Waals surface area contributed by atoms with Crippen molar-refractivity contribution < 1.29 is 18.7 Å². The molecule has 3 aliphatic rings. The van der Waals surface area contributed by atoms with Crippen LogP contribution in [0.15, 0.2) is 36.9 Å². The molecule has 2 bridgehead atoms. The van der Waals surface area contributed by atoms with Gasteiger partial charge in [-0.05, 0) is 26.8 Å². The van der Waals surface area contributed by atoms with E-state index in [0.717, 1.165) is 29.9 Å². The van der Waals surface area contributed by atoms with E-state index >= 15 is 0 Å². The molecule has 1 aliphatic carbocycles. The Balaban J connectivity index is 1.37. The standard InChI is InChI=1S/C23H23FN6O3/c1-13(2)33-19-5-17-14(8-30(28-17)23-10-22(3,11-23)32-12-23)4-16(19)21(31)27-18-7-26-29-9-15(24)6-25-20(18)29/h4-9,13H,10-12H2,1-3H3,(H,27,31). The van der Waals surface area contributed by atoms with Crippen molar-refractivity contribution >= 4 is 28.1 Å². The number of carbonyl (C=O) groups excluding carboxylic acids is 1. The Morgan fingerprint density at radius 2 is 2.09 bits per heavy atom. The van der Waals surface area contributed by atoms with Gasteiger partial charge in [0.25, 0.3) is 5.91 Å². The highest BCUT2D eigenvalue weighted by molar-refractivity contribution is 6.09. The molecule has 1 N–H and O–H groups in total. The first-order valence-electron chi connectivity index (χ1n) is 10.9. The van der Waals surface area contributed by atoms with Crippen molar-refractivity contribution in [1.29, 1.82) is 0 Å². The molecule has 2 saturated heterocycles. The zero-order valence-electron chi connectivity index (χ0n) is 18.5. The van der Waals surface area contributed by atoms with Crippen molar-refractivity contribution in [3.63, 3.8) is 0 Å². The minimum atomic E-state index is -0.516. The third-order valence-corrected chi connectivity index (χ3v) is 6.37. The summed E-state index contributed by atoms with van der Waals surface area (Å²) in [6, 6.07) is 3.59. The number of rotatable bonds is 5. The molecule has 2 aliphatic heterocycles. The van der Waals surface area contributed by atoms with E-state index in [0.29, 0.717) is 29.3 Å². The van der Waals surface area contributed by atoms with Crippen molar-refractivity contribution in [2.24, 2.45) is 0 Å². The van der Waals surface area contributed by atoms with Crippen LogP contribution in [0.5, 0.6) is 5.75 Å². The smallest absolute Gasteiger partial charge is 0.259 e. The number of aromatic nitrogens is 5. The Labute approximate surface area is 188 Å². The SMILES string of the molecule is CC(C)Oc1cc2nn(C34COC(C)(C3)C4)cc2cc1C(=O)Nc1cnn2cc(F)cnc12. The van der Waals surface area contributed by atoms with Crippen molar-refractivity contribution in [2.75, 3.05) is 11.9 Å². The van der Waals surface area contributed by atoms with E-state index in [1.54, 1.807) is 12.1 Å². The molecule has 10 heteroatoms. The van der Waals surface area contributed by atoms with E-state index < -0.39 is 5.82 Å². The number of anilines is 1. The summed E-state index contributed by atoms with van der Waals surface area (Å²) in [5.74, 6) is -0.452. The summed E-state index contributed by atoms with van der Waals surface area (Å²) < 4.78 is 28.6. The maximum atomic E-state index is 13.4. The fourth-order valence-corrected chi connectivity index (χ4v) is 5.04. The van der Waals surface area contributed by atoms with E-state index in [-0.39, 0.29) is 23.2 Å². The molecule has 1 saturated carbocycles. The normalized spacial score (nSPS) is 23.9. The number of carbonyl (C=O) groups is 1. The lowest BCUT2D eigenvalue weighted by Gasteiger charge is -2.42. The van der Waals surface area contributed by atoms with Gasteiger partial charge < -0.3 is 14.8 Å². The molecule has 3 aromatic heterocycles. The molecule has 1 amide bonds. The van der Waals surface area contributed by atoms with Gasteiger partial charge in [0.2, 0.25) is 0 Å². The van der Waals surface area contributed by atoms with Crippen molar-refractivity contribution in [3.8, 4) is 5.75 Å². The van der Waals surface area contributed by atoms with Gasteiger partial charge in [0.05, 0.1) is 53.5 Å². The monoisotopic (exact) mass is 450 g/mol. The van der Waals surface area contributed by atoms with Crippen LogP contribution in [0.3, 0.4) is 0 Å². The van der Waals surface area contributed by atoms with Crippen molar-refractivity contribution in [1.82, 2.24) is 24.4 Å². The third kappa shape index (κ3) is 3.16. The average Bonchev–Trinajstić information content (AvgIpc) is 3.48. The van der Waals surface area contributed by atoms with Crippen molar-refractivity contribution in [2.45, 2.75) is 50.9 Å². The molecule has 3 fully saturated rings. The largest absolute Gasteiger partial charge is 0.490 e. The van der Waals surface area contributed by atoms with E-state index in [1.807, 2.05) is 24.7 Å². The van der Waals surface area contributed by atoms with Crippen LogP contribution in [0.25, 0.3) is 16.6 Å². The fraction of sp³-hybridized carbons (Fsp3) is 0.391. The topological polar surface area (TPSA) is 95.6 Å². The van der Waals surface area contributed by atoms with Crippen LogP contribution in [0.4, 0.5) is 10.1 Å². The Kier molecular flexibility index (Phi) is 4.10. The van der Waals surface area contributed by atoms with Gasteiger partial charge in [0.15, 0.2) is 11.5 Å². The number of fused-ring (bicyclic) bond motifs is 3. The summed E-state index contributed by atoms with van der Waals surface area (Å²) in [6.07, 6.45) is 7.41. The Morgan fingerprint density at radius 1 is 1.27 bits per heavy atom. The molecule has 4 aromatic rings. The number of hydrogen-bond acceptors (Lipinski definition) is 6. The summed E-state index contributed by atoms with van der Waals surface area (Å²) in [6.45, 7) is 6.57. The Morgan fingerprint density at radius 3 is 2.82 bits per heavy atom. The number of nitrogens with zero attached hydrogens (tertiary/aromatic N) is 5. The van der Waals surface area contributed by atoms with Crippen LogP contribution in [0, 0.1) is 5.82 Å². The third-order valence-electron chi connectivity index (χ3n) is 6.37. The molecule has 0 unspecified atom stereocenters. The fourth-order valence-electron chi connectivity index (χ4n) is 5.04. The molecule has 0 radical (unpaired) electrons. The van der Waals surface area contributed by atoms with Crippen molar-refractivity contribution in [3.05, 3.63) is 48.3 Å². The van der Waals surface area contributed by atoms with Crippen LogP contribution in [-0.2, 0) is 10.3 Å². The molecule has 1 aromatic carbocycles. The van der Waals surface area contributed by atoms with Gasteiger partial charge in [0.1, 0.15) is 11.4 Å². The van der Waals surface area contributed by atoms with E-state index in [9.17, 15) is 9.18 Å². The molecule has 5 heterocycles. The van der Waals surface area contributed by atoms with E-state index in [2.05, 4.69) is 22.3 Å². The molecule has 33 heavy (non-hydrogen) atoms. The van der Waals surface area contributed by atoms with Gasteiger partial charge in [-0.3, -0.25) is 9.48 Å². The summed E-state index contributed by atoms with van der Waals surface area (Å²) in [5, 5.41) is 12.5. The second-order valence-corrected chi connectivity index (χ2v) is 9.52. The minimum Gasteiger partial charge on any atom is -0.490 e. The zero-order valence-corrected chi connectivity index (χ0v) is 18.5. The van der Waals surface area contributed by atoms with Crippen LogP contribution >= 0.6 is 0 Å². The van der Waals surface area contributed by atoms with Gasteiger partial charge in [-0.1, -0.05) is 0 Å². The molecular weight excluding hydrogens is 427 g/mol. The second kappa shape index (κ2) is 6.74. The lowest BCUT2D eigenvalue weighted by Crippen LogP contribution is -2.49. The van der Waals surface area contributed by atoms with Crippen LogP contribution in [-0.4, -0.2) is 48.6 Å². The minimum absolute atomic E-state index is 0.0552. The average molecular weight is 450 g/mol. The lowest BCUT2D eigenvalue weighted by atomic mass is 9.69. The first-order chi connectivity index (χ1) is 15.7. The first-order valence-corrected chi connectivity index (χ1v) is 10.9. The van der Waals surface area contributed by atoms with Gasteiger partial charge >= 0.3 is 0 Å². The van der Waals surface area contributed by atoms with Crippen LogP contribution in [0.2, 0.25) is 0 Å². The molecule has 9 nitrogen and oxygen atoms in total. The van der Waals surface area contributed by atoms with Gasteiger partial charge in [0, 0.05) is 30.5 Å². The van der Waals surface area contributed by atoms with Crippen LogP contribution in [0.1, 0.15) is 44.0 Å². The highest BCUT2D eigenvalue weighted by atomic mass is 19.1. The summed E-state index contributed by atoms with van der Waals surface area (Å²) in [5.41, 5.74) is 1.68. The van der Waals surface area contributed by atoms with E-state index in [1.165, 1.54) is 16.9 Å². The van der Waals surface area contributed by atoms with Gasteiger partial charge in [-0.15, -0.1) is 0 Å². The number of benzene rings is 1. The van der Waals surface area contributed by atoms with Crippen LogP contribution < -0.4 is 10.1 Å². The Bertz CT molecular complexity index is 1420. The lowest BCUT2D eigenvalue weighted by molar-refractivity contribution is 0.00383. The molecular formula is C23H23FN6O3. The predicted molar refractivity (Wildman–Crippen MR) is 118 cm³/mol. The number of ether oxygens (including phenoxy) is 2. The van der Waals surface area contributed by atoms with Gasteiger partial charge in [-0.25, -0.2) is 13.9 Å². The second-order valence-electron chi connectivity index (χ2n) is 9.52. The number of nitrogens with one attached hydrogen (secondary N) is 1. The quantitative estimate of drug-likeness (QED) is 0.500. The predicted octanol–water partition coefficient (Wildman–Crippen LogP) is 3.54. The molecule has 0 atom stereocenters. The molecule has 0 spiro atoms. The summed E-state index contributed by atoms with van der Waals surface area (Å²) in [7, 11) is 0. The molecule has 170 valence electrons.